The van der Waals surface area contributed by atoms with Crippen LogP contribution in [-0.2, 0) is 4.74 Å². The number of nitrogens with one attached hydrogen (secondary N) is 1. The van der Waals surface area contributed by atoms with Crippen LogP contribution >= 0.6 is 0 Å². The Kier molecular flexibility index (Phi) is 1.31. The molecule has 1 aliphatic heterocycles. The molecule has 1 unspecified atom stereocenters. The van der Waals surface area contributed by atoms with Crippen LogP contribution in [0.15, 0.2) is 12.3 Å². The first-order chi connectivity index (χ1) is 4.13. The Morgan fingerprint density at radius 2 is 2.11 bits per heavy atom. The molecule has 1 fully saturated rings. The Labute approximate surface area is 55.0 Å². The molecule has 0 bridgehead atoms. The Morgan fingerprint density at radius 3 is 2.22 bits per heavy atom. The highest BCUT2D eigenvalue weighted by Gasteiger charge is 2.28. The second kappa shape index (κ2) is 1.87. The van der Waals surface area contributed by atoms with Crippen molar-refractivity contribution >= 4 is 5.71 Å². The maximum Gasteiger partial charge on any atom is 0.133 e. The van der Waals surface area contributed by atoms with E-state index in [2.05, 4.69) is 6.58 Å². The van der Waals surface area contributed by atoms with Crippen LogP contribution in [-0.4, -0.2) is 11.8 Å². The number of hydrogen-bond acceptors (Lipinski definition) is 2. The van der Waals surface area contributed by atoms with Crippen molar-refractivity contribution in [2.45, 2.75) is 20.0 Å². The average Bonchev–Trinajstić information content (AvgIpc) is 1.98. The fourth-order valence-electron chi connectivity index (χ4n) is 0.879. The van der Waals surface area contributed by atoms with E-state index in [0.29, 0.717) is 11.5 Å². The molecule has 1 rings (SSSR count). The van der Waals surface area contributed by atoms with Gasteiger partial charge in [-0.1, -0.05) is 13.5 Å². The second-order valence-corrected chi connectivity index (χ2v) is 2.45. The van der Waals surface area contributed by atoms with Gasteiger partial charge >= 0.3 is 0 Å². The molecule has 0 amide bonds. The minimum Gasteiger partial charge on any atom is -0.489 e. The molecule has 2 nitrogen and oxygen atoms in total. The standard InChI is InChI=1S/C7H11NO/c1-4-5(2)9-6(3)7(4)8/h4-5,8H,3H2,1-2H3/t4-,5?/m0/s1. The number of hydrogen-bond donors (Lipinski definition) is 1. The summed E-state index contributed by atoms with van der Waals surface area (Å²) in [5, 5.41) is 7.37. The van der Waals surface area contributed by atoms with Gasteiger partial charge in [-0.25, -0.2) is 0 Å². The average molecular weight is 125 g/mol. The van der Waals surface area contributed by atoms with Crippen LogP contribution in [0.3, 0.4) is 0 Å². The summed E-state index contributed by atoms with van der Waals surface area (Å²) in [4.78, 5) is 0. The lowest BCUT2D eigenvalue weighted by Gasteiger charge is -2.04. The molecule has 1 aliphatic rings. The smallest absolute Gasteiger partial charge is 0.133 e. The Balaban J connectivity index is 2.77. The summed E-state index contributed by atoms with van der Waals surface area (Å²) in [5.41, 5.74) is 0.544. The monoisotopic (exact) mass is 125 g/mol. The number of ether oxygens (including phenoxy) is 1. The highest BCUT2D eigenvalue weighted by molar-refractivity contribution is 5.99. The zero-order valence-electron chi connectivity index (χ0n) is 5.77. The third-order valence-electron chi connectivity index (χ3n) is 1.79. The van der Waals surface area contributed by atoms with Gasteiger partial charge in [0.05, 0.1) is 5.71 Å². The molecule has 1 N–H and O–H groups in total. The maximum atomic E-state index is 7.37. The third kappa shape index (κ3) is 0.846. The molecule has 1 saturated heterocycles. The van der Waals surface area contributed by atoms with Crippen molar-refractivity contribution < 1.29 is 4.74 Å². The number of rotatable bonds is 0. The molecule has 2 atom stereocenters. The molecule has 2 heteroatoms. The summed E-state index contributed by atoms with van der Waals surface area (Å²) >= 11 is 0. The largest absolute Gasteiger partial charge is 0.489 e. The van der Waals surface area contributed by atoms with E-state index in [4.69, 9.17) is 10.1 Å². The zero-order valence-corrected chi connectivity index (χ0v) is 5.77. The van der Waals surface area contributed by atoms with Crippen LogP contribution in [0.5, 0.6) is 0 Å². The third-order valence-corrected chi connectivity index (χ3v) is 1.79. The summed E-state index contributed by atoms with van der Waals surface area (Å²) < 4.78 is 5.17. The van der Waals surface area contributed by atoms with E-state index in [1.807, 2.05) is 13.8 Å². The normalized spacial score (nSPS) is 34.9. The van der Waals surface area contributed by atoms with E-state index in [1.54, 1.807) is 0 Å². The number of allylic oxidation sites excluding steroid dienone is 1. The summed E-state index contributed by atoms with van der Waals surface area (Å²) in [6, 6.07) is 0. The molecule has 0 aromatic rings. The minimum atomic E-state index is 0.144. The van der Waals surface area contributed by atoms with Crippen molar-refractivity contribution in [3.63, 3.8) is 0 Å². The van der Waals surface area contributed by atoms with E-state index < -0.39 is 0 Å². The van der Waals surface area contributed by atoms with Crippen LogP contribution < -0.4 is 0 Å². The fraction of sp³-hybridized carbons (Fsp3) is 0.571. The topological polar surface area (TPSA) is 33.1 Å². The van der Waals surface area contributed by atoms with Gasteiger partial charge in [-0.2, -0.15) is 0 Å². The Bertz CT molecular complexity index is 162. The Morgan fingerprint density at radius 1 is 1.56 bits per heavy atom. The van der Waals surface area contributed by atoms with Gasteiger partial charge in [-0.15, -0.1) is 0 Å². The summed E-state index contributed by atoms with van der Waals surface area (Å²) in [6.07, 6.45) is 0.144. The molecule has 0 saturated carbocycles. The fourth-order valence-corrected chi connectivity index (χ4v) is 0.879. The van der Waals surface area contributed by atoms with Gasteiger partial charge < -0.3 is 10.1 Å². The molecule has 0 aromatic carbocycles. The van der Waals surface area contributed by atoms with Gasteiger partial charge in [0.15, 0.2) is 0 Å². The lowest BCUT2D eigenvalue weighted by atomic mass is 10.0. The first kappa shape index (κ1) is 6.33. The highest BCUT2D eigenvalue weighted by Crippen LogP contribution is 2.23. The van der Waals surface area contributed by atoms with Gasteiger partial charge in [-0.05, 0) is 6.92 Å². The first-order valence-corrected chi connectivity index (χ1v) is 3.07. The molecule has 9 heavy (non-hydrogen) atoms. The molecule has 0 aliphatic carbocycles. The molecule has 0 spiro atoms. The molecular formula is C7H11NO. The van der Waals surface area contributed by atoms with Crippen molar-refractivity contribution in [1.29, 1.82) is 5.41 Å². The lowest BCUT2D eigenvalue weighted by Crippen LogP contribution is -2.11. The summed E-state index contributed by atoms with van der Waals surface area (Å²) in [5.74, 6) is 0.757. The highest BCUT2D eigenvalue weighted by atomic mass is 16.5. The molecule has 0 aromatic heterocycles. The molecule has 1 heterocycles. The maximum absolute atomic E-state index is 7.37. The zero-order chi connectivity index (χ0) is 7.02. The van der Waals surface area contributed by atoms with Crippen LogP contribution in [0.2, 0.25) is 0 Å². The molecular weight excluding hydrogens is 114 g/mol. The van der Waals surface area contributed by atoms with E-state index in [9.17, 15) is 0 Å². The van der Waals surface area contributed by atoms with E-state index in [1.165, 1.54) is 0 Å². The van der Waals surface area contributed by atoms with E-state index >= 15 is 0 Å². The van der Waals surface area contributed by atoms with Gasteiger partial charge in [0.2, 0.25) is 0 Å². The van der Waals surface area contributed by atoms with Gasteiger partial charge in [-0.3, -0.25) is 0 Å². The van der Waals surface area contributed by atoms with Crippen molar-refractivity contribution in [1.82, 2.24) is 0 Å². The van der Waals surface area contributed by atoms with E-state index in [0.717, 1.165) is 0 Å². The second-order valence-electron chi connectivity index (χ2n) is 2.45. The van der Waals surface area contributed by atoms with Crippen molar-refractivity contribution in [2.75, 3.05) is 0 Å². The van der Waals surface area contributed by atoms with Crippen molar-refractivity contribution in [3.8, 4) is 0 Å². The summed E-state index contributed by atoms with van der Waals surface area (Å²) in [7, 11) is 0. The van der Waals surface area contributed by atoms with Crippen LogP contribution in [0.25, 0.3) is 0 Å². The summed E-state index contributed by atoms with van der Waals surface area (Å²) in [6.45, 7) is 7.52. The lowest BCUT2D eigenvalue weighted by molar-refractivity contribution is 0.154. The quantitative estimate of drug-likeness (QED) is 0.523. The van der Waals surface area contributed by atoms with Gasteiger partial charge in [0.25, 0.3) is 0 Å². The predicted molar refractivity (Wildman–Crippen MR) is 36.6 cm³/mol. The van der Waals surface area contributed by atoms with Crippen LogP contribution in [0.4, 0.5) is 0 Å². The predicted octanol–water partition coefficient (Wildman–Crippen LogP) is 1.57. The Hall–Kier alpha value is -0.790. The molecule has 0 radical (unpaired) electrons. The molecule has 50 valence electrons. The van der Waals surface area contributed by atoms with Gasteiger partial charge in [0.1, 0.15) is 11.9 Å². The van der Waals surface area contributed by atoms with Gasteiger partial charge in [0, 0.05) is 5.92 Å². The van der Waals surface area contributed by atoms with E-state index in [-0.39, 0.29) is 12.0 Å². The van der Waals surface area contributed by atoms with Crippen LogP contribution in [0.1, 0.15) is 13.8 Å². The minimum absolute atomic E-state index is 0.144. The van der Waals surface area contributed by atoms with Crippen molar-refractivity contribution in [2.24, 2.45) is 5.92 Å². The van der Waals surface area contributed by atoms with Crippen LogP contribution in [0, 0.1) is 11.3 Å². The first-order valence-electron chi connectivity index (χ1n) is 3.07. The SMILES string of the molecule is C=C1OC(C)[C@H](C)C1=N. The van der Waals surface area contributed by atoms with Crippen molar-refractivity contribution in [3.05, 3.63) is 12.3 Å².